The molecule has 2 rings (SSSR count). The van der Waals surface area contributed by atoms with Gasteiger partial charge in [0.05, 0.1) is 6.61 Å². The Morgan fingerprint density at radius 3 is 2.52 bits per heavy atom. The van der Waals surface area contributed by atoms with Crippen molar-refractivity contribution >= 4 is 6.09 Å². The molecular weight excluding hydrogens is 268 g/mol. The van der Waals surface area contributed by atoms with Gasteiger partial charge >= 0.3 is 6.09 Å². The van der Waals surface area contributed by atoms with E-state index in [0.29, 0.717) is 17.5 Å². The van der Waals surface area contributed by atoms with Crippen molar-refractivity contribution in [1.82, 2.24) is 10.8 Å². The molecule has 5 heteroatoms. The molecule has 1 spiro atoms. The van der Waals surface area contributed by atoms with Crippen LogP contribution >= 0.6 is 0 Å². The summed E-state index contributed by atoms with van der Waals surface area (Å²) in [6, 6.07) is 0.759. The Kier molecular flexibility index (Phi) is 5.15. The van der Waals surface area contributed by atoms with E-state index in [1.54, 1.807) is 0 Å². The Hall–Kier alpha value is -0.810. The van der Waals surface area contributed by atoms with Gasteiger partial charge in [-0.2, -0.15) is 5.48 Å². The first-order valence-electron chi connectivity index (χ1n) is 8.21. The van der Waals surface area contributed by atoms with E-state index < -0.39 is 5.60 Å². The number of carbonyl (C=O) groups excluding carboxylic acids is 1. The second-order valence-corrected chi connectivity index (χ2v) is 7.51. The van der Waals surface area contributed by atoms with E-state index in [9.17, 15) is 4.79 Å². The van der Waals surface area contributed by atoms with Crippen LogP contribution in [0.25, 0.3) is 0 Å². The van der Waals surface area contributed by atoms with Gasteiger partial charge in [0, 0.05) is 12.1 Å². The standard InChI is InChI=1S/C16H30N2O3/c1-5-10-20-18-12-6-8-16(9-7-12)11-13(16)17-14(19)21-15(2,3)4/h12-13,18H,5-11H2,1-4H3,(H,17,19). The monoisotopic (exact) mass is 298 g/mol. The molecule has 0 aliphatic heterocycles. The smallest absolute Gasteiger partial charge is 0.407 e. The van der Waals surface area contributed by atoms with Crippen molar-refractivity contribution in [3.63, 3.8) is 0 Å². The Morgan fingerprint density at radius 2 is 1.95 bits per heavy atom. The molecule has 0 heterocycles. The van der Waals surface area contributed by atoms with Crippen LogP contribution in [0.15, 0.2) is 0 Å². The molecule has 0 bridgehead atoms. The van der Waals surface area contributed by atoms with E-state index in [1.807, 2.05) is 20.8 Å². The predicted molar refractivity (Wildman–Crippen MR) is 81.8 cm³/mol. The highest BCUT2D eigenvalue weighted by atomic mass is 16.6. The summed E-state index contributed by atoms with van der Waals surface area (Å²) in [6.45, 7) is 8.55. The topological polar surface area (TPSA) is 59.6 Å². The van der Waals surface area contributed by atoms with Gasteiger partial charge in [-0.25, -0.2) is 4.79 Å². The summed E-state index contributed by atoms with van der Waals surface area (Å²) in [4.78, 5) is 17.2. The van der Waals surface area contributed by atoms with Crippen LogP contribution in [0.2, 0.25) is 0 Å². The number of hydroxylamine groups is 1. The first-order chi connectivity index (χ1) is 9.85. The first-order valence-corrected chi connectivity index (χ1v) is 8.21. The van der Waals surface area contributed by atoms with Crippen LogP contribution in [0, 0.1) is 5.41 Å². The van der Waals surface area contributed by atoms with Crippen molar-refractivity contribution in [2.75, 3.05) is 6.61 Å². The molecule has 5 nitrogen and oxygen atoms in total. The van der Waals surface area contributed by atoms with Crippen LogP contribution in [0.1, 0.15) is 66.2 Å². The molecule has 2 N–H and O–H groups in total. The van der Waals surface area contributed by atoms with E-state index in [-0.39, 0.29) is 6.09 Å². The van der Waals surface area contributed by atoms with Crippen LogP contribution in [-0.4, -0.2) is 30.4 Å². The van der Waals surface area contributed by atoms with Crippen molar-refractivity contribution in [3.8, 4) is 0 Å². The Balaban J connectivity index is 1.68. The van der Waals surface area contributed by atoms with Gasteiger partial charge in [0.15, 0.2) is 0 Å². The molecule has 1 amide bonds. The average molecular weight is 298 g/mol. The Labute approximate surface area is 128 Å². The number of nitrogens with one attached hydrogen (secondary N) is 2. The number of hydrogen-bond donors (Lipinski definition) is 2. The second-order valence-electron chi connectivity index (χ2n) is 7.51. The van der Waals surface area contributed by atoms with Gasteiger partial charge in [-0.1, -0.05) is 6.92 Å². The third kappa shape index (κ3) is 4.85. The molecule has 2 aliphatic carbocycles. The molecule has 1 atom stereocenters. The zero-order chi connectivity index (χ0) is 15.5. The third-order valence-corrected chi connectivity index (χ3v) is 4.42. The molecule has 122 valence electrons. The van der Waals surface area contributed by atoms with Crippen molar-refractivity contribution in [2.45, 2.75) is 83.9 Å². The highest BCUT2D eigenvalue weighted by Gasteiger charge is 2.56. The number of carbonyl (C=O) groups is 1. The number of rotatable bonds is 5. The molecule has 1 unspecified atom stereocenters. The third-order valence-electron chi connectivity index (χ3n) is 4.42. The predicted octanol–water partition coefficient (Wildman–Crippen LogP) is 3.14. The molecular formula is C16H30N2O3. The Bertz CT molecular complexity index is 357. The van der Waals surface area contributed by atoms with Crippen molar-refractivity contribution < 1.29 is 14.4 Å². The number of amides is 1. The normalized spacial score (nSPS) is 32.0. The summed E-state index contributed by atoms with van der Waals surface area (Å²) in [7, 11) is 0. The van der Waals surface area contributed by atoms with E-state index in [4.69, 9.17) is 9.57 Å². The van der Waals surface area contributed by atoms with Crippen LogP contribution < -0.4 is 10.8 Å². The molecule has 0 aromatic carbocycles. The van der Waals surface area contributed by atoms with Gasteiger partial charge in [0.2, 0.25) is 0 Å². The van der Waals surface area contributed by atoms with Crippen LogP contribution in [0.4, 0.5) is 4.79 Å². The first kappa shape index (κ1) is 16.6. The largest absolute Gasteiger partial charge is 0.444 e. The van der Waals surface area contributed by atoms with Gasteiger partial charge in [0.1, 0.15) is 5.60 Å². The molecule has 0 aromatic rings. The van der Waals surface area contributed by atoms with Gasteiger partial charge in [-0.05, 0) is 64.7 Å². The molecule has 0 radical (unpaired) electrons. The van der Waals surface area contributed by atoms with E-state index >= 15 is 0 Å². The summed E-state index contributed by atoms with van der Waals surface area (Å²) in [5.41, 5.74) is 3.06. The molecule has 0 aromatic heterocycles. The lowest BCUT2D eigenvalue weighted by molar-refractivity contribution is 0.00180. The summed E-state index contributed by atoms with van der Waals surface area (Å²) >= 11 is 0. The zero-order valence-electron chi connectivity index (χ0n) is 13.8. The van der Waals surface area contributed by atoms with Crippen LogP contribution in [0.5, 0.6) is 0 Å². The second kappa shape index (κ2) is 6.53. The quantitative estimate of drug-likeness (QED) is 0.604. The molecule has 2 saturated carbocycles. The highest BCUT2D eigenvalue weighted by molar-refractivity contribution is 5.68. The molecule has 2 aliphatic rings. The van der Waals surface area contributed by atoms with Crippen molar-refractivity contribution in [3.05, 3.63) is 0 Å². The van der Waals surface area contributed by atoms with Gasteiger partial charge in [-0.3, -0.25) is 0 Å². The van der Waals surface area contributed by atoms with Gasteiger partial charge in [0.25, 0.3) is 0 Å². The van der Waals surface area contributed by atoms with E-state index in [2.05, 4.69) is 17.7 Å². The van der Waals surface area contributed by atoms with E-state index in [1.165, 1.54) is 0 Å². The lowest BCUT2D eigenvalue weighted by atomic mass is 9.83. The van der Waals surface area contributed by atoms with E-state index in [0.717, 1.165) is 45.1 Å². The summed E-state index contributed by atoms with van der Waals surface area (Å²) in [5.74, 6) is 0. The minimum absolute atomic E-state index is 0.282. The lowest BCUT2D eigenvalue weighted by Crippen LogP contribution is -2.38. The summed E-state index contributed by atoms with van der Waals surface area (Å²) in [6.07, 6.45) is 6.39. The molecule has 21 heavy (non-hydrogen) atoms. The minimum Gasteiger partial charge on any atom is -0.444 e. The maximum Gasteiger partial charge on any atom is 0.407 e. The summed E-state index contributed by atoms with van der Waals surface area (Å²) in [5, 5.41) is 3.03. The van der Waals surface area contributed by atoms with Crippen molar-refractivity contribution in [1.29, 1.82) is 0 Å². The maximum absolute atomic E-state index is 11.8. The fraction of sp³-hybridized carbons (Fsp3) is 0.938. The summed E-state index contributed by atoms with van der Waals surface area (Å²) < 4.78 is 5.33. The van der Waals surface area contributed by atoms with Crippen molar-refractivity contribution in [2.24, 2.45) is 5.41 Å². The van der Waals surface area contributed by atoms with Crippen LogP contribution in [-0.2, 0) is 9.57 Å². The molecule has 0 saturated heterocycles. The Morgan fingerprint density at radius 1 is 1.29 bits per heavy atom. The van der Waals surface area contributed by atoms with Gasteiger partial charge < -0.3 is 14.9 Å². The maximum atomic E-state index is 11.8. The zero-order valence-corrected chi connectivity index (χ0v) is 13.8. The average Bonchev–Trinajstić information content (AvgIpc) is 3.02. The fourth-order valence-corrected chi connectivity index (χ4v) is 3.14. The fourth-order valence-electron chi connectivity index (χ4n) is 3.14. The number of alkyl carbamates (subject to hydrolysis) is 1. The van der Waals surface area contributed by atoms with Gasteiger partial charge in [-0.15, -0.1) is 0 Å². The van der Waals surface area contributed by atoms with Crippen LogP contribution in [0.3, 0.4) is 0 Å². The highest BCUT2D eigenvalue weighted by Crippen LogP contribution is 2.56. The lowest BCUT2D eigenvalue weighted by Gasteiger charge is -2.30. The SMILES string of the molecule is CCCONC1CCC2(CC1)CC2NC(=O)OC(C)(C)C. The number of hydrogen-bond acceptors (Lipinski definition) is 4. The minimum atomic E-state index is -0.426. The number of ether oxygens (including phenoxy) is 1. The molecule has 2 fully saturated rings.